The maximum absolute atomic E-state index is 9.52. The molecule has 0 saturated carbocycles. The molecular formula is C14H23NO2. The van der Waals surface area contributed by atoms with Gasteiger partial charge in [-0.15, -0.1) is 0 Å². The lowest BCUT2D eigenvalue weighted by atomic mass is 10.1. The van der Waals surface area contributed by atoms with Gasteiger partial charge in [-0.1, -0.05) is 19.9 Å². The molecule has 1 aromatic rings. The van der Waals surface area contributed by atoms with Crippen molar-refractivity contribution in [1.82, 2.24) is 5.32 Å². The summed E-state index contributed by atoms with van der Waals surface area (Å²) in [7, 11) is 1.57. The lowest BCUT2D eigenvalue weighted by molar-refractivity contribution is 0.372. The van der Waals surface area contributed by atoms with Crippen molar-refractivity contribution in [3.05, 3.63) is 23.8 Å². The molecule has 3 heteroatoms. The van der Waals surface area contributed by atoms with Crippen molar-refractivity contribution < 1.29 is 9.84 Å². The predicted octanol–water partition coefficient (Wildman–Crippen LogP) is 3.10. The average molecular weight is 237 g/mol. The Morgan fingerprint density at radius 3 is 2.59 bits per heavy atom. The maximum Gasteiger partial charge on any atom is 0.160 e. The summed E-state index contributed by atoms with van der Waals surface area (Å²) >= 11 is 0. The number of phenols is 1. The van der Waals surface area contributed by atoms with Crippen molar-refractivity contribution in [2.75, 3.05) is 13.7 Å². The van der Waals surface area contributed by atoms with Crippen molar-refractivity contribution >= 4 is 0 Å². The fraction of sp³-hybridized carbons (Fsp3) is 0.571. The van der Waals surface area contributed by atoms with Crippen LogP contribution in [0.2, 0.25) is 0 Å². The monoisotopic (exact) mass is 237 g/mol. The van der Waals surface area contributed by atoms with Crippen LogP contribution in [0.25, 0.3) is 0 Å². The molecule has 1 atom stereocenters. The Bertz CT molecular complexity index is 350. The minimum absolute atomic E-state index is 0.186. The highest BCUT2D eigenvalue weighted by Gasteiger charge is 2.08. The van der Waals surface area contributed by atoms with Gasteiger partial charge in [0.2, 0.25) is 0 Å². The smallest absolute Gasteiger partial charge is 0.160 e. The van der Waals surface area contributed by atoms with Gasteiger partial charge in [-0.2, -0.15) is 0 Å². The van der Waals surface area contributed by atoms with Crippen LogP contribution < -0.4 is 10.1 Å². The van der Waals surface area contributed by atoms with Crippen molar-refractivity contribution in [3.63, 3.8) is 0 Å². The van der Waals surface area contributed by atoms with Crippen LogP contribution in [0.5, 0.6) is 11.5 Å². The molecule has 3 nitrogen and oxygen atoms in total. The summed E-state index contributed by atoms with van der Waals surface area (Å²) < 4.78 is 5.10. The van der Waals surface area contributed by atoms with Crippen molar-refractivity contribution in [1.29, 1.82) is 0 Å². The topological polar surface area (TPSA) is 41.5 Å². The van der Waals surface area contributed by atoms with Crippen LogP contribution in [-0.4, -0.2) is 18.8 Å². The van der Waals surface area contributed by atoms with Crippen LogP contribution in [0.15, 0.2) is 18.2 Å². The van der Waals surface area contributed by atoms with Gasteiger partial charge in [-0.25, -0.2) is 0 Å². The van der Waals surface area contributed by atoms with E-state index in [9.17, 15) is 5.11 Å². The molecule has 0 spiro atoms. The zero-order chi connectivity index (χ0) is 12.8. The third-order valence-corrected chi connectivity index (χ3v) is 2.88. The molecule has 0 aliphatic rings. The molecule has 1 aromatic carbocycles. The summed E-state index contributed by atoms with van der Waals surface area (Å²) in [4.78, 5) is 0. The second-order valence-corrected chi connectivity index (χ2v) is 4.79. The first-order valence-corrected chi connectivity index (χ1v) is 6.15. The highest BCUT2D eigenvalue weighted by atomic mass is 16.5. The van der Waals surface area contributed by atoms with E-state index in [0.29, 0.717) is 11.7 Å². The molecule has 1 rings (SSSR count). The Kier molecular flexibility index (Phi) is 5.29. The molecule has 0 aromatic heterocycles. The maximum atomic E-state index is 9.52. The van der Waals surface area contributed by atoms with Crippen LogP contribution in [0.1, 0.15) is 38.8 Å². The number of hydrogen-bond donors (Lipinski definition) is 2. The summed E-state index contributed by atoms with van der Waals surface area (Å²) in [6.07, 6.45) is 1.17. The van der Waals surface area contributed by atoms with E-state index in [-0.39, 0.29) is 11.8 Å². The first-order valence-electron chi connectivity index (χ1n) is 6.15. The van der Waals surface area contributed by atoms with Crippen LogP contribution in [0.3, 0.4) is 0 Å². The Hall–Kier alpha value is -1.22. The molecule has 1 unspecified atom stereocenters. The molecule has 0 aliphatic carbocycles. The number of aromatic hydroxyl groups is 1. The summed E-state index contributed by atoms with van der Waals surface area (Å²) in [6.45, 7) is 7.56. The Morgan fingerprint density at radius 2 is 2.00 bits per heavy atom. The average Bonchev–Trinajstić information content (AvgIpc) is 2.29. The largest absolute Gasteiger partial charge is 0.504 e. The first kappa shape index (κ1) is 13.8. The Morgan fingerprint density at radius 1 is 1.29 bits per heavy atom. The Balaban J connectivity index is 2.59. The third-order valence-electron chi connectivity index (χ3n) is 2.88. The van der Waals surface area contributed by atoms with Crippen molar-refractivity contribution in [2.45, 2.75) is 33.2 Å². The molecule has 0 heterocycles. The molecule has 0 bridgehead atoms. The highest BCUT2D eigenvalue weighted by Crippen LogP contribution is 2.28. The molecule has 0 fully saturated rings. The summed E-state index contributed by atoms with van der Waals surface area (Å²) in [6, 6.07) is 5.74. The van der Waals surface area contributed by atoms with Gasteiger partial charge in [0.1, 0.15) is 0 Å². The van der Waals surface area contributed by atoms with Crippen molar-refractivity contribution in [2.24, 2.45) is 5.92 Å². The van der Waals surface area contributed by atoms with Crippen LogP contribution >= 0.6 is 0 Å². The molecule has 96 valence electrons. The quantitative estimate of drug-likeness (QED) is 0.799. The Labute approximate surface area is 104 Å². The normalized spacial score (nSPS) is 12.8. The SMILES string of the molecule is COc1cc(C(C)NCCC(C)C)ccc1O. The standard InChI is InChI=1S/C14H23NO2/c1-10(2)7-8-15-11(3)12-5-6-13(16)14(9-12)17-4/h5-6,9-11,15-16H,7-8H2,1-4H3. The van der Waals surface area contributed by atoms with E-state index in [2.05, 4.69) is 26.1 Å². The number of phenolic OH excluding ortho intramolecular Hbond substituents is 1. The van der Waals surface area contributed by atoms with E-state index in [1.807, 2.05) is 12.1 Å². The van der Waals surface area contributed by atoms with Gasteiger partial charge in [0.05, 0.1) is 7.11 Å². The number of methoxy groups -OCH3 is 1. The van der Waals surface area contributed by atoms with E-state index in [1.54, 1.807) is 13.2 Å². The van der Waals surface area contributed by atoms with Crippen molar-refractivity contribution in [3.8, 4) is 11.5 Å². The fourth-order valence-corrected chi connectivity index (χ4v) is 1.67. The van der Waals surface area contributed by atoms with Gasteiger partial charge in [0.25, 0.3) is 0 Å². The number of hydrogen-bond acceptors (Lipinski definition) is 3. The summed E-state index contributed by atoms with van der Waals surface area (Å²) in [5, 5.41) is 13.0. The summed E-state index contributed by atoms with van der Waals surface area (Å²) in [5.74, 6) is 1.43. The second-order valence-electron chi connectivity index (χ2n) is 4.79. The second kappa shape index (κ2) is 6.50. The van der Waals surface area contributed by atoms with Gasteiger partial charge in [-0.3, -0.25) is 0 Å². The van der Waals surface area contributed by atoms with Crippen LogP contribution in [0, 0.1) is 5.92 Å². The zero-order valence-electron chi connectivity index (χ0n) is 11.2. The third kappa shape index (κ3) is 4.27. The summed E-state index contributed by atoms with van der Waals surface area (Å²) in [5.41, 5.74) is 1.13. The van der Waals surface area contributed by atoms with Gasteiger partial charge >= 0.3 is 0 Å². The molecule has 0 radical (unpaired) electrons. The molecule has 0 aliphatic heterocycles. The number of rotatable bonds is 6. The minimum atomic E-state index is 0.186. The molecule has 0 saturated heterocycles. The van der Waals surface area contributed by atoms with Crippen LogP contribution in [0.4, 0.5) is 0 Å². The van der Waals surface area contributed by atoms with E-state index >= 15 is 0 Å². The van der Waals surface area contributed by atoms with Crippen LogP contribution in [-0.2, 0) is 0 Å². The molecular weight excluding hydrogens is 214 g/mol. The van der Waals surface area contributed by atoms with Gasteiger partial charge in [0.15, 0.2) is 11.5 Å². The van der Waals surface area contributed by atoms with E-state index in [0.717, 1.165) is 12.1 Å². The van der Waals surface area contributed by atoms with Gasteiger partial charge < -0.3 is 15.2 Å². The van der Waals surface area contributed by atoms with E-state index in [4.69, 9.17) is 4.74 Å². The molecule has 17 heavy (non-hydrogen) atoms. The predicted molar refractivity (Wildman–Crippen MR) is 70.5 cm³/mol. The fourth-order valence-electron chi connectivity index (χ4n) is 1.67. The minimum Gasteiger partial charge on any atom is -0.504 e. The van der Waals surface area contributed by atoms with E-state index < -0.39 is 0 Å². The van der Waals surface area contributed by atoms with Gasteiger partial charge in [-0.05, 0) is 43.5 Å². The molecule has 0 amide bonds. The number of nitrogens with one attached hydrogen (secondary N) is 1. The zero-order valence-corrected chi connectivity index (χ0v) is 11.2. The number of ether oxygens (including phenoxy) is 1. The van der Waals surface area contributed by atoms with Gasteiger partial charge in [0, 0.05) is 6.04 Å². The lowest BCUT2D eigenvalue weighted by Crippen LogP contribution is -2.20. The number of benzene rings is 1. The lowest BCUT2D eigenvalue weighted by Gasteiger charge is -2.16. The molecule has 2 N–H and O–H groups in total. The highest BCUT2D eigenvalue weighted by molar-refractivity contribution is 5.42. The van der Waals surface area contributed by atoms with E-state index in [1.165, 1.54) is 6.42 Å². The first-order chi connectivity index (χ1) is 8.04.